The monoisotopic (exact) mass is 263 g/mol. The molecule has 1 aliphatic rings. The fourth-order valence-electron chi connectivity index (χ4n) is 1.93. The normalized spacial score (nSPS) is 15.1. The number of hydrogen-bond acceptors (Lipinski definition) is 5. The van der Waals surface area contributed by atoms with E-state index in [1.165, 1.54) is 12.4 Å². The Bertz CT molecular complexity index is 453. The summed E-state index contributed by atoms with van der Waals surface area (Å²) >= 11 is 0. The molecule has 0 aromatic carbocycles. The van der Waals surface area contributed by atoms with Crippen molar-refractivity contribution in [3.8, 4) is 0 Å². The molecule has 2 rings (SSSR count). The summed E-state index contributed by atoms with van der Waals surface area (Å²) in [7, 11) is 0. The number of aryl methyl sites for hydroxylation is 1. The van der Waals surface area contributed by atoms with Gasteiger partial charge in [-0.25, -0.2) is 9.78 Å². The highest BCUT2D eigenvalue weighted by atomic mass is 16.5. The molecular weight excluding hydrogens is 246 g/mol. The fraction of sp³-hybridized carbons (Fsp3) is 0.538. The zero-order valence-electron chi connectivity index (χ0n) is 11.0. The van der Waals surface area contributed by atoms with Crippen molar-refractivity contribution in [2.45, 2.75) is 26.2 Å². The maximum Gasteiger partial charge on any atom is 0.359 e. The topological polar surface area (TPSA) is 72.4 Å². The number of nitrogens with zero attached hydrogens (tertiary/aromatic N) is 3. The third-order valence-corrected chi connectivity index (χ3v) is 3.03. The zero-order chi connectivity index (χ0) is 13.7. The molecule has 1 fully saturated rings. The molecule has 1 aromatic heterocycles. The smallest absolute Gasteiger partial charge is 0.359 e. The maximum absolute atomic E-state index is 11.8. The van der Waals surface area contributed by atoms with Gasteiger partial charge in [0, 0.05) is 19.3 Å². The number of ether oxygens (including phenoxy) is 1. The van der Waals surface area contributed by atoms with E-state index in [0.717, 1.165) is 38.0 Å². The third-order valence-electron chi connectivity index (χ3n) is 3.03. The van der Waals surface area contributed by atoms with Crippen molar-refractivity contribution in [3.63, 3.8) is 0 Å². The second-order valence-corrected chi connectivity index (χ2v) is 4.56. The number of aromatic nitrogens is 2. The number of rotatable bonds is 3. The van der Waals surface area contributed by atoms with E-state index in [0.29, 0.717) is 0 Å². The molecule has 2 heterocycles. The highest BCUT2D eigenvalue weighted by molar-refractivity contribution is 5.89. The van der Waals surface area contributed by atoms with Crippen LogP contribution in [0, 0.1) is 6.92 Å². The molecule has 0 bridgehead atoms. The summed E-state index contributed by atoms with van der Waals surface area (Å²) < 4.78 is 4.95. The quantitative estimate of drug-likeness (QED) is 0.759. The Morgan fingerprint density at radius 1 is 1.21 bits per heavy atom. The van der Waals surface area contributed by atoms with Gasteiger partial charge in [-0.15, -0.1) is 0 Å². The second kappa shape index (κ2) is 6.26. The molecule has 1 amide bonds. The van der Waals surface area contributed by atoms with E-state index in [1.807, 2.05) is 0 Å². The molecule has 0 radical (unpaired) electrons. The summed E-state index contributed by atoms with van der Waals surface area (Å²) in [5, 5.41) is 0. The minimum atomic E-state index is -0.613. The first-order valence-corrected chi connectivity index (χ1v) is 6.40. The lowest BCUT2D eigenvalue weighted by molar-refractivity contribution is -0.135. The SMILES string of the molecule is Cc1cnc(C(=O)OCC(=O)N2CCCCC2)cn1. The van der Waals surface area contributed by atoms with Crippen LogP contribution in [0.2, 0.25) is 0 Å². The van der Waals surface area contributed by atoms with E-state index < -0.39 is 5.97 Å². The van der Waals surface area contributed by atoms with Gasteiger partial charge in [0.05, 0.1) is 11.9 Å². The first-order chi connectivity index (χ1) is 9.16. The van der Waals surface area contributed by atoms with Gasteiger partial charge in [0.15, 0.2) is 12.3 Å². The Labute approximate surface area is 111 Å². The number of carbonyl (C=O) groups excluding carboxylic acids is 2. The Hall–Kier alpha value is -1.98. The molecule has 1 aromatic rings. The number of likely N-dealkylation sites (tertiary alicyclic amines) is 1. The number of esters is 1. The van der Waals surface area contributed by atoms with Gasteiger partial charge < -0.3 is 9.64 Å². The summed E-state index contributed by atoms with van der Waals surface area (Å²) in [6.07, 6.45) is 6.03. The number of amides is 1. The minimum absolute atomic E-state index is 0.122. The number of carbonyl (C=O) groups is 2. The molecule has 6 nitrogen and oxygen atoms in total. The van der Waals surface area contributed by atoms with Gasteiger partial charge >= 0.3 is 5.97 Å². The Kier molecular flexibility index (Phi) is 4.43. The van der Waals surface area contributed by atoms with E-state index in [-0.39, 0.29) is 18.2 Å². The first-order valence-electron chi connectivity index (χ1n) is 6.40. The van der Waals surface area contributed by atoms with Crippen LogP contribution in [0.3, 0.4) is 0 Å². The molecule has 0 spiro atoms. The summed E-state index contributed by atoms with van der Waals surface area (Å²) in [4.78, 5) is 33.0. The molecular formula is C13H17N3O3. The van der Waals surface area contributed by atoms with Crippen molar-refractivity contribution < 1.29 is 14.3 Å². The van der Waals surface area contributed by atoms with Gasteiger partial charge in [0.25, 0.3) is 5.91 Å². The molecule has 0 atom stereocenters. The fourth-order valence-corrected chi connectivity index (χ4v) is 1.93. The lowest BCUT2D eigenvalue weighted by Gasteiger charge is -2.26. The Balaban J connectivity index is 1.82. The maximum atomic E-state index is 11.8. The van der Waals surface area contributed by atoms with Gasteiger partial charge in [-0.3, -0.25) is 9.78 Å². The highest BCUT2D eigenvalue weighted by Gasteiger charge is 2.18. The predicted octanol–water partition coefficient (Wildman–Crippen LogP) is 0.954. The van der Waals surface area contributed by atoms with Gasteiger partial charge in [0.2, 0.25) is 0 Å². The third kappa shape index (κ3) is 3.74. The van der Waals surface area contributed by atoms with Crippen LogP contribution in [0.15, 0.2) is 12.4 Å². The van der Waals surface area contributed by atoms with Crippen LogP contribution in [-0.4, -0.2) is 46.4 Å². The van der Waals surface area contributed by atoms with Crippen molar-refractivity contribution in [1.29, 1.82) is 0 Å². The molecule has 0 N–H and O–H groups in total. The number of piperidine rings is 1. The summed E-state index contributed by atoms with van der Waals surface area (Å²) in [5.74, 6) is -0.758. The average molecular weight is 263 g/mol. The van der Waals surface area contributed by atoms with Crippen molar-refractivity contribution in [3.05, 3.63) is 23.8 Å². The minimum Gasteiger partial charge on any atom is -0.451 e. The van der Waals surface area contributed by atoms with Crippen LogP contribution < -0.4 is 0 Å². The highest BCUT2D eigenvalue weighted by Crippen LogP contribution is 2.09. The van der Waals surface area contributed by atoms with E-state index in [4.69, 9.17) is 4.74 Å². The van der Waals surface area contributed by atoms with Gasteiger partial charge in [-0.05, 0) is 26.2 Å². The molecule has 0 aliphatic carbocycles. The molecule has 102 valence electrons. The van der Waals surface area contributed by atoms with Crippen molar-refractivity contribution >= 4 is 11.9 Å². The van der Waals surface area contributed by atoms with Crippen LogP contribution in [0.25, 0.3) is 0 Å². The van der Waals surface area contributed by atoms with Crippen LogP contribution >= 0.6 is 0 Å². The van der Waals surface area contributed by atoms with Gasteiger partial charge in [0.1, 0.15) is 0 Å². The predicted molar refractivity (Wildman–Crippen MR) is 67.5 cm³/mol. The summed E-state index contributed by atoms with van der Waals surface area (Å²) in [6, 6.07) is 0. The number of hydrogen-bond donors (Lipinski definition) is 0. The Morgan fingerprint density at radius 3 is 2.58 bits per heavy atom. The summed E-state index contributed by atoms with van der Waals surface area (Å²) in [5.41, 5.74) is 0.845. The molecule has 19 heavy (non-hydrogen) atoms. The van der Waals surface area contributed by atoms with Crippen molar-refractivity contribution in [2.75, 3.05) is 19.7 Å². The standard InChI is InChI=1S/C13H17N3O3/c1-10-7-15-11(8-14-10)13(18)19-9-12(17)16-5-3-2-4-6-16/h7-8H,2-6,9H2,1H3. The second-order valence-electron chi connectivity index (χ2n) is 4.56. The molecule has 0 saturated carbocycles. The Morgan fingerprint density at radius 2 is 1.95 bits per heavy atom. The largest absolute Gasteiger partial charge is 0.451 e. The van der Waals surface area contributed by atoms with E-state index in [9.17, 15) is 9.59 Å². The zero-order valence-corrected chi connectivity index (χ0v) is 11.0. The van der Waals surface area contributed by atoms with Crippen LogP contribution in [-0.2, 0) is 9.53 Å². The van der Waals surface area contributed by atoms with Gasteiger partial charge in [-0.2, -0.15) is 0 Å². The van der Waals surface area contributed by atoms with Crippen molar-refractivity contribution in [1.82, 2.24) is 14.9 Å². The lowest BCUT2D eigenvalue weighted by Crippen LogP contribution is -2.38. The molecule has 1 saturated heterocycles. The van der Waals surface area contributed by atoms with Crippen LogP contribution in [0.4, 0.5) is 0 Å². The lowest BCUT2D eigenvalue weighted by atomic mass is 10.1. The summed E-state index contributed by atoms with van der Waals surface area (Å²) in [6.45, 7) is 3.05. The molecule has 0 unspecified atom stereocenters. The van der Waals surface area contributed by atoms with Crippen LogP contribution in [0.1, 0.15) is 35.4 Å². The molecule has 6 heteroatoms. The first kappa shape index (κ1) is 13.5. The van der Waals surface area contributed by atoms with E-state index in [1.54, 1.807) is 11.8 Å². The van der Waals surface area contributed by atoms with Crippen LogP contribution in [0.5, 0.6) is 0 Å². The molecule has 1 aliphatic heterocycles. The van der Waals surface area contributed by atoms with E-state index in [2.05, 4.69) is 9.97 Å². The van der Waals surface area contributed by atoms with Crippen molar-refractivity contribution in [2.24, 2.45) is 0 Å². The average Bonchev–Trinajstić information content (AvgIpc) is 2.46. The van der Waals surface area contributed by atoms with E-state index >= 15 is 0 Å². The van der Waals surface area contributed by atoms with Gasteiger partial charge in [-0.1, -0.05) is 0 Å².